The van der Waals surface area contributed by atoms with Crippen LogP contribution in [-0.2, 0) is 17.9 Å². The average Bonchev–Trinajstić information content (AvgIpc) is 2.71. The minimum Gasteiger partial charge on any atom is -0.493 e. The lowest BCUT2D eigenvalue weighted by molar-refractivity contribution is -0.120. The summed E-state index contributed by atoms with van der Waals surface area (Å²) in [4.78, 5) is 11.5. The summed E-state index contributed by atoms with van der Waals surface area (Å²) in [6, 6.07) is 19.5. The first-order chi connectivity index (χ1) is 13.6. The number of ether oxygens (including phenoxy) is 2. The number of amides is 1. The number of nitrogens with one attached hydrogen (secondary N) is 1. The van der Waals surface area contributed by atoms with Crippen molar-refractivity contribution in [3.63, 3.8) is 0 Å². The fourth-order valence-electron chi connectivity index (χ4n) is 2.92. The molecule has 0 radical (unpaired) electrons. The molecule has 0 aliphatic rings. The summed E-state index contributed by atoms with van der Waals surface area (Å²) < 4.78 is 11.4. The molecule has 3 aromatic rings. The minimum absolute atomic E-state index is 0.183. The number of rotatable bonds is 7. The SMILES string of the molecule is COc1cc(CNC(=O)CC#N)cc(Cl)c1OCc1cccc2ccccc12. The van der Waals surface area contributed by atoms with Crippen molar-refractivity contribution in [2.24, 2.45) is 0 Å². The molecular formula is C22H19ClN2O3. The van der Waals surface area contributed by atoms with Crippen LogP contribution in [0, 0.1) is 11.3 Å². The molecule has 0 saturated carbocycles. The van der Waals surface area contributed by atoms with E-state index in [0.717, 1.165) is 21.9 Å². The number of nitriles is 1. The molecule has 0 aliphatic carbocycles. The van der Waals surface area contributed by atoms with E-state index in [1.54, 1.807) is 12.1 Å². The zero-order chi connectivity index (χ0) is 19.9. The van der Waals surface area contributed by atoms with Gasteiger partial charge in [0.25, 0.3) is 0 Å². The molecular weight excluding hydrogens is 376 g/mol. The smallest absolute Gasteiger partial charge is 0.234 e. The second-order valence-corrected chi connectivity index (χ2v) is 6.55. The van der Waals surface area contributed by atoms with Crippen molar-refractivity contribution in [2.45, 2.75) is 19.6 Å². The van der Waals surface area contributed by atoms with Crippen LogP contribution in [0.15, 0.2) is 54.6 Å². The lowest BCUT2D eigenvalue weighted by Crippen LogP contribution is -2.21. The van der Waals surface area contributed by atoms with Crippen LogP contribution in [0.25, 0.3) is 10.8 Å². The Balaban J connectivity index is 1.78. The van der Waals surface area contributed by atoms with Crippen molar-refractivity contribution in [3.05, 3.63) is 70.7 Å². The van der Waals surface area contributed by atoms with E-state index in [1.807, 2.05) is 30.3 Å². The first kappa shape index (κ1) is 19.5. The summed E-state index contributed by atoms with van der Waals surface area (Å²) >= 11 is 6.40. The number of carbonyl (C=O) groups is 1. The van der Waals surface area contributed by atoms with Gasteiger partial charge in [0.15, 0.2) is 11.5 Å². The van der Waals surface area contributed by atoms with Gasteiger partial charge in [-0.15, -0.1) is 0 Å². The first-order valence-electron chi connectivity index (χ1n) is 8.72. The maximum absolute atomic E-state index is 11.5. The molecule has 0 fully saturated rings. The Morgan fingerprint density at radius 2 is 1.96 bits per heavy atom. The van der Waals surface area contributed by atoms with Crippen LogP contribution < -0.4 is 14.8 Å². The van der Waals surface area contributed by atoms with Crippen molar-refractivity contribution in [1.29, 1.82) is 5.26 Å². The van der Waals surface area contributed by atoms with Crippen LogP contribution in [0.3, 0.4) is 0 Å². The molecule has 0 heterocycles. The van der Waals surface area contributed by atoms with Gasteiger partial charge < -0.3 is 14.8 Å². The summed E-state index contributed by atoms with van der Waals surface area (Å²) in [6.45, 7) is 0.593. The lowest BCUT2D eigenvalue weighted by Gasteiger charge is -2.15. The van der Waals surface area contributed by atoms with E-state index in [1.165, 1.54) is 7.11 Å². The van der Waals surface area contributed by atoms with E-state index in [9.17, 15) is 4.79 Å². The van der Waals surface area contributed by atoms with Gasteiger partial charge >= 0.3 is 0 Å². The summed E-state index contributed by atoms with van der Waals surface area (Å²) in [6.07, 6.45) is -0.183. The lowest BCUT2D eigenvalue weighted by atomic mass is 10.1. The van der Waals surface area contributed by atoms with E-state index < -0.39 is 0 Å². The molecule has 0 atom stereocenters. The molecule has 3 aromatic carbocycles. The van der Waals surface area contributed by atoms with E-state index in [-0.39, 0.29) is 18.9 Å². The molecule has 0 unspecified atom stereocenters. The number of halogens is 1. The average molecular weight is 395 g/mol. The second-order valence-electron chi connectivity index (χ2n) is 6.15. The molecule has 142 valence electrons. The van der Waals surface area contributed by atoms with Crippen molar-refractivity contribution in [1.82, 2.24) is 5.32 Å². The van der Waals surface area contributed by atoms with E-state index in [4.69, 9.17) is 26.3 Å². The number of fused-ring (bicyclic) bond motifs is 1. The Morgan fingerprint density at radius 3 is 2.75 bits per heavy atom. The standard InChI is InChI=1S/C22H19ClN2O3/c1-27-20-12-15(13-25-21(26)9-10-24)11-19(23)22(20)28-14-17-7-4-6-16-5-2-3-8-18(16)17/h2-8,11-12H,9,13-14H2,1H3,(H,25,26). The van der Waals surface area contributed by atoms with Crippen LogP contribution >= 0.6 is 11.6 Å². The van der Waals surface area contributed by atoms with Crippen molar-refractivity contribution in [3.8, 4) is 17.6 Å². The highest BCUT2D eigenvalue weighted by Crippen LogP contribution is 2.37. The maximum atomic E-state index is 11.5. The van der Waals surface area contributed by atoms with Crippen molar-refractivity contribution < 1.29 is 14.3 Å². The van der Waals surface area contributed by atoms with Gasteiger partial charge in [-0.2, -0.15) is 5.26 Å². The number of benzene rings is 3. The minimum atomic E-state index is -0.339. The topological polar surface area (TPSA) is 71.3 Å². The normalized spacial score (nSPS) is 10.3. The Labute approximate surface area is 168 Å². The molecule has 0 spiro atoms. The molecule has 5 nitrogen and oxygen atoms in total. The predicted molar refractivity (Wildman–Crippen MR) is 108 cm³/mol. The zero-order valence-electron chi connectivity index (χ0n) is 15.4. The summed E-state index contributed by atoms with van der Waals surface area (Å²) in [5.74, 6) is 0.593. The van der Waals surface area contributed by atoms with Gasteiger partial charge in [0.05, 0.1) is 18.2 Å². The summed E-state index contributed by atoms with van der Waals surface area (Å²) in [5, 5.41) is 13.9. The summed E-state index contributed by atoms with van der Waals surface area (Å²) in [5.41, 5.74) is 1.80. The molecule has 1 N–H and O–H groups in total. The number of hydrogen-bond donors (Lipinski definition) is 1. The molecule has 28 heavy (non-hydrogen) atoms. The van der Waals surface area contributed by atoms with Crippen LogP contribution in [-0.4, -0.2) is 13.0 Å². The van der Waals surface area contributed by atoms with Gasteiger partial charge in [0.1, 0.15) is 13.0 Å². The van der Waals surface area contributed by atoms with Gasteiger partial charge in [-0.3, -0.25) is 4.79 Å². The fraction of sp³-hybridized carbons (Fsp3) is 0.182. The number of nitrogens with zero attached hydrogens (tertiary/aromatic N) is 1. The molecule has 0 saturated heterocycles. The Hall–Kier alpha value is -3.23. The largest absolute Gasteiger partial charge is 0.493 e. The Morgan fingerprint density at radius 1 is 1.18 bits per heavy atom. The van der Waals surface area contributed by atoms with E-state index in [2.05, 4.69) is 23.5 Å². The monoisotopic (exact) mass is 394 g/mol. The number of carbonyl (C=O) groups excluding carboxylic acids is 1. The third kappa shape index (κ3) is 4.54. The highest BCUT2D eigenvalue weighted by atomic mass is 35.5. The van der Waals surface area contributed by atoms with Gasteiger partial charge in [-0.1, -0.05) is 54.1 Å². The third-order valence-electron chi connectivity index (χ3n) is 4.27. The Bertz CT molecular complexity index is 1040. The van der Waals surface area contributed by atoms with Crippen LogP contribution in [0.5, 0.6) is 11.5 Å². The summed E-state index contributed by atoms with van der Waals surface area (Å²) in [7, 11) is 1.54. The highest BCUT2D eigenvalue weighted by molar-refractivity contribution is 6.32. The highest BCUT2D eigenvalue weighted by Gasteiger charge is 2.13. The van der Waals surface area contributed by atoms with Gasteiger partial charge in [-0.25, -0.2) is 0 Å². The van der Waals surface area contributed by atoms with Gasteiger partial charge in [0, 0.05) is 6.54 Å². The van der Waals surface area contributed by atoms with Crippen molar-refractivity contribution in [2.75, 3.05) is 7.11 Å². The van der Waals surface area contributed by atoms with Gasteiger partial charge in [0.2, 0.25) is 5.91 Å². The van der Waals surface area contributed by atoms with Crippen LogP contribution in [0.1, 0.15) is 17.5 Å². The van der Waals surface area contributed by atoms with Gasteiger partial charge in [-0.05, 0) is 34.0 Å². The molecule has 0 aliphatic heterocycles. The quantitative estimate of drug-likeness (QED) is 0.635. The number of hydrogen-bond acceptors (Lipinski definition) is 4. The van der Waals surface area contributed by atoms with Crippen LogP contribution in [0.2, 0.25) is 5.02 Å². The first-order valence-corrected chi connectivity index (χ1v) is 9.09. The van der Waals surface area contributed by atoms with E-state index >= 15 is 0 Å². The maximum Gasteiger partial charge on any atom is 0.234 e. The molecule has 6 heteroatoms. The van der Waals surface area contributed by atoms with Crippen molar-refractivity contribution >= 4 is 28.3 Å². The number of methoxy groups -OCH3 is 1. The fourth-order valence-corrected chi connectivity index (χ4v) is 3.21. The van der Waals surface area contributed by atoms with Crippen LogP contribution in [0.4, 0.5) is 0 Å². The molecule has 1 amide bonds. The Kier molecular flexibility index (Phi) is 6.36. The zero-order valence-corrected chi connectivity index (χ0v) is 16.1. The molecule has 0 bridgehead atoms. The third-order valence-corrected chi connectivity index (χ3v) is 4.55. The molecule has 0 aromatic heterocycles. The molecule has 3 rings (SSSR count). The predicted octanol–water partition coefficient (Wildman–Crippen LogP) is 4.61. The second kappa shape index (κ2) is 9.12. The van der Waals surface area contributed by atoms with E-state index in [0.29, 0.717) is 23.1 Å².